The maximum absolute atomic E-state index is 5.49. The van der Waals surface area contributed by atoms with Crippen molar-refractivity contribution < 1.29 is 4.74 Å². The predicted octanol–water partition coefficient (Wildman–Crippen LogP) is 2.97. The summed E-state index contributed by atoms with van der Waals surface area (Å²) in [6.07, 6.45) is 1.15. The first-order chi connectivity index (χ1) is 9.91. The summed E-state index contributed by atoms with van der Waals surface area (Å²) in [6, 6.07) is 9.98. The molecule has 0 spiro atoms. The second-order valence-corrected chi connectivity index (χ2v) is 7.17. The van der Waals surface area contributed by atoms with Gasteiger partial charge in [0.05, 0.1) is 6.61 Å². The number of rotatable bonds is 5. The van der Waals surface area contributed by atoms with Crippen molar-refractivity contribution in [2.45, 2.75) is 44.7 Å². The third-order valence-electron chi connectivity index (χ3n) is 4.53. The second-order valence-electron chi connectivity index (χ2n) is 7.17. The molecule has 21 heavy (non-hydrogen) atoms. The normalized spacial score (nSPS) is 21.0. The van der Waals surface area contributed by atoms with Crippen LogP contribution in [0.3, 0.4) is 0 Å². The van der Waals surface area contributed by atoms with Crippen LogP contribution in [0.15, 0.2) is 24.3 Å². The Bertz CT molecular complexity index is 430. The van der Waals surface area contributed by atoms with E-state index in [4.69, 9.17) is 4.74 Å². The van der Waals surface area contributed by atoms with Gasteiger partial charge in [-0.25, -0.2) is 0 Å². The summed E-state index contributed by atoms with van der Waals surface area (Å²) in [5.41, 5.74) is 2.96. The molecule has 0 bridgehead atoms. The Kier molecular flexibility index (Phi) is 5.42. The zero-order valence-electron chi connectivity index (χ0n) is 14.1. The van der Waals surface area contributed by atoms with Crippen LogP contribution >= 0.6 is 0 Å². The standard InChI is InChI=1S/C18H30N2O/c1-18(2,3)15-8-6-14(7-9-15)17(19-4)12-20(5)16-10-11-21-13-16/h6-9,16-17,19H,10-13H2,1-5H3. The molecular formula is C18H30N2O. The molecule has 0 aliphatic carbocycles. The molecule has 0 amide bonds. The van der Waals surface area contributed by atoms with E-state index in [1.54, 1.807) is 0 Å². The molecule has 1 aliphatic heterocycles. The van der Waals surface area contributed by atoms with Crippen LogP contribution in [-0.2, 0) is 10.2 Å². The van der Waals surface area contributed by atoms with Crippen LogP contribution in [0.1, 0.15) is 44.4 Å². The highest BCUT2D eigenvalue weighted by molar-refractivity contribution is 5.29. The molecule has 1 heterocycles. The van der Waals surface area contributed by atoms with Crippen molar-refractivity contribution >= 4 is 0 Å². The van der Waals surface area contributed by atoms with Crippen LogP contribution in [0.2, 0.25) is 0 Å². The van der Waals surface area contributed by atoms with Crippen LogP contribution in [0, 0.1) is 0 Å². The molecule has 0 radical (unpaired) electrons. The number of hydrogen-bond acceptors (Lipinski definition) is 3. The zero-order chi connectivity index (χ0) is 15.5. The quantitative estimate of drug-likeness (QED) is 0.902. The van der Waals surface area contributed by atoms with Crippen molar-refractivity contribution in [2.24, 2.45) is 0 Å². The second kappa shape index (κ2) is 6.91. The fraction of sp³-hybridized carbons (Fsp3) is 0.667. The molecule has 2 rings (SSSR count). The summed E-state index contributed by atoms with van der Waals surface area (Å²) in [5, 5.41) is 3.45. The van der Waals surface area contributed by atoms with E-state index in [0.29, 0.717) is 12.1 Å². The number of likely N-dealkylation sites (N-methyl/N-ethyl adjacent to an activating group) is 2. The summed E-state index contributed by atoms with van der Waals surface area (Å²) in [4.78, 5) is 2.42. The van der Waals surface area contributed by atoms with Gasteiger partial charge in [0, 0.05) is 25.2 Å². The monoisotopic (exact) mass is 290 g/mol. The number of ether oxygens (including phenoxy) is 1. The lowest BCUT2D eigenvalue weighted by Crippen LogP contribution is -2.38. The van der Waals surface area contributed by atoms with Gasteiger partial charge in [-0.3, -0.25) is 4.90 Å². The van der Waals surface area contributed by atoms with E-state index in [1.165, 1.54) is 11.1 Å². The fourth-order valence-corrected chi connectivity index (χ4v) is 2.89. The van der Waals surface area contributed by atoms with Gasteiger partial charge in [-0.15, -0.1) is 0 Å². The Hall–Kier alpha value is -0.900. The molecule has 3 heteroatoms. The van der Waals surface area contributed by atoms with Gasteiger partial charge in [0.25, 0.3) is 0 Å². The molecule has 1 fully saturated rings. The van der Waals surface area contributed by atoms with Crippen molar-refractivity contribution in [3.63, 3.8) is 0 Å². The number of hydrogen-bond donors (Lipinski definition) is 1. The molecule has 1 aromatic rings. The van der Waals surface area contributed by atoms with E-state index >= 15 is 0 Å². The van der Waals surface area contributed by atoms with Crippen LogP contribution in [0.5, 0.6) is 0 Å². The minimum Gasteiger partial charge on any atom is -0.380 e. The fourth-order valence-electron chi connectivity index (χ4n) is 2.89. The Morgan fingerprint density at radius 3 is 2.43 bits per heavy atom. The van der Waals surface area contributed by atoms with Gasteiger partial charge in [-0.05, 0) is 37.1 Å². The summed E-state index contributed by atoms with van der Waals surface area (Å²) < 4.78 is 5.49. The Morgan fingerprint density at radius 1 is 1.29 bits per heavy atom. The van der Waals surface area contributed by atoms with Crippen LogP contribution in [-0.4, -0.2) is 44.8 Å². The molecule has 0 aromatic heterocycles. The molecule has 0 saturated carbocycles. The SMILES string of the molecule is CNC(CN(C)C1CCOC1)c1ccc(C(C)(C)C)cc1. The first-order valence-electron chi connectivity index (χ1n) is 7.97. The molecule has 1 saturated heterocycles. The maximum Gasteiger partial charge on any atom is 0.0622 e. The summed E-state index contributed by atoms with van der Waals surface area (Å²) in [7, 11) is 4.24. The van der Waals surface area contributed by atoms with Crippen molar-refractivity contribution in [2.75, 3.05) is 33.9 Å². The molecule has 3 nitrogen and oxygen atoms in total. The van der Waals surface area contributed by atoms with E-state index in [9.17, 15) is 0 Å². The maximum atomic E-state index is 5.49. The minimum atomic E-state index is 0.214. The van der Waals surface area contributed by atoms with E-state index < -0.39 is 0 Å². The average molecular weight is 290 g/mol. The van der Waals surface area contributed by atoms with Crippen LogP contribution < -0.4 is 5.32 Å². The molecule has 1 aromatic carbocycles. The van der Waals surface area contributed by atoms with Crippen molar-refractivity contribution in [3.05, 3.63) is 35.4 Å². The van der Waals surface area contributed by atoms with Gasteiger partial charge in [0.15, 0.2) is 0 Å². The lowest BCUT2D eigenvalue weighted by molar-refractivity contribution is 0.153. The molecule has 1 aliphatic rings. The van der Waals surface area contributed by atoms with Crippen molar-refractivity contribution in [1.82, 2.24) is 10.2 Å². The minimum absolute atomic E-state index is 0.214. The van der Waals surface area contributed by atoms with Gasteiger partial charge in [-0.2, -0.15) is 0 Å². The summed E-state index contributed by atoms with van der Waals surface area (Å²) in [5.74, 6) is 0. The number of nitrogens with zero attached hydrogens (tertiary/aromatic N) is 1. The molecule has 2 unspecified atom stereocenters. The highest BCUT2D eigenvalue weighted by atomic mass is 16.5. The van der Waals surface area contributed by atoms with E-state index in [-0.39, 0.29) is 5.41 Å². The van der Waals surface area contributed by atoms with Crippen molar-refractivity contribution in [3.8, 4) is 0 Å². The highest BCUT2D eigenvalue weighted by Gasteiger charge is 2.23. The summed E-state index contributed by atoms with van der Waals surface area (Å²) in [6.45, 7) is 9.55. The highest BCUT2D eigenvalue weighted by Crippen LogP contribution is 2.24. The molecule has 2 atom stereocenters. The zero-order valence-corrected chi connectivity index (χ0v) is 14.1. The van der Waals surface area contributed by atoms with E-state index in [1.807, 2.05) is 7.05 Å². The number of benzene rings is 1. The Morgan fingerprint density at radius 2 is 1.95 bits per heavy atom. The van der Waals surface area contributed by atoms with Crippen LogP contribution in [0.4, 0.5) is 0 Å². The first kappa shape index (κ1) is 16.5. The largest absolute Gasteiger partial charge is 0.380 e. The van der Waals surface area contributed by atoms with Gasteiger partial charge in [0.2, 0.25) is 0 Å². The molecular weight excluding hydrogens is 260 g/mol. The third-order valence-corrected chi connectivity index (χ3v) is 4.53. The smallest absolute Gasteiger partial charge is 0.0622 e. The first-order valence-corrected chi connectivity index (χ1v) is 7.97. The topological polar surface area (TPSA) is 24.5 Å². The number of nitrogens with one attached hydrogen (secondary N) is 1. The van der Waals surface area contributed by atoms with Gasteiger partial charge >= 0.3 is 0 Å². The predicted molar refractivity (Wildman–Crippen MR) is 88.8 cm³/mol. The Labute approximate surface area is 129 Å². The van der Waals surface area contributed by atoms with Gasteiger partial charge in [0.1, 0.15) is 0 Å². The van der Waals surface area contributed by atoms with E-state index in [0.717, 1.165) is 26.2 Å². The van der Waals surface area contributed by atoms with E-state index in [2.05, 4.69) is 62.3 Å². The molecule has 1 N–H and O–H groups in total. The molecule has 118 valence electrons. The van der Waals surface area contributed by atoms with Gasteiger partial charge in [-0.1, -0.05) is 45.0 Å². The lowest BCUT2D eigenvalue weighted by Gasteiger charge is -2.28. The lowest BCUT2D eigenvalue weighted by atomic mass is 9.86. The van der Waals surface area contributed by atoms with Crippen LogP contribution in [0.25, 0.3) is 0 Å². The summed E-state index contributed by atoms with van der Waals surface area (Å²) >= 11 is 0. The third kappa shape index (κ3) is 4.29. The average Bonchev–Trinajstić information content (AvgIpc) is 2.98. The van der Waals surface area contributed by atoms with Gasteiger partial charge < -0.3 is 10.1 Å². The Balaban J connectivity index is 2.03. The van der Waals surface area contributed by atoms with Crippen molar-refractivity contribution in [1.29, 1.82) is 0 Å².